The SMILES string of the molecule is Cc1oc(CSc2nnc(NCc3ccccc3)s2)cc1C(=O)O. The van der Waals surface area contributed by atoms with E-state index in [9.17, 15) is 4.79 Å². The predicted octanol–water partition coefficient (Wildman–Crippen LogP) is 4.04. The number of thioether (sulfide) groups is 1. The van der Waals surface area contributed by atoms with Crippen LogP contribution in [0.15, 0.2) is 45.2 Å². The van der Waals surface area contributed by atoms with Crippen LogP contribution >= 0.6 is 23.1 Å². The quantitative estimate of drug-likeness (QED) is 0.614. The summed E-state index contributed by atoms with van der Waals surface area (Å²) < 4.78 is 6.25. The smallest absolute Gasteiger partial charge is 0.339 e. The molecule has 0 unspecified atom stereocenters. The van der Waals surface area contributed by atoms with Crippen molar-refractivity contribution in [1.29, 1.82) is 0 Å². The molecular weight excluding hydrogens is 346 g/mol. The van der Waals surface area contributed by atoms with Gasteiger partial charge in [0.2, 0.25) is 5.13 Å². The van der Waals surface area contributed by atoms with E-state index in [0.29, 0.717) is 23.8 Å². The molecule has 2 heterocycles. The van der Waals surface area contributed by atoms with Gasteiger partial charge in [-0.1, -0.05) is 53.4 Å². The maximum Gasteiger partial charge on any atom is 0.339 e. The topological polar surface area (TPSA) is 88.3 Å². The molecule has 0 amide bonds. The number of aromatic carboxylic acids is 1. The van der Waals surface area contributed by atoms with Crippen LogP contribution in [0.3, 0.4) is 0 Å². The van der Waals surface area contributed by atoms with Crippen molar-refractivity contribution in [2.24, 2.45) is 0 Å². The Morgan fingerprint density at radius 3 is 2.83 bits per heavy atom. The molecule has 0 aliphatic carbocycles. The number of hydrogen-bond donors (Lipinski definition) is 2. The lowest BCUT2D eigenvalue weighted by Crippen LogP contribution is -1.98. The molecule has 24 heavy (non-hydrogen) atoms. The maximum absolute atomic E-state index is 11.0. The first-order chi connectivity index (χ1) is 11.6. The number of rotatable bonds is 7. The van der Waals surface area contributed by atoms with Crippen molar-refractivity contribution in [2.45, 2.75) is 23.6 Å². The van der Waals surface area contributed by atoms with Crippen LogP contribution in [0.5, 0.6) is 0 Å². The van der Waals surface area contributed by atoms with E-state index in [1.54, 1.807) is 13.0 Å². The molecular formula is C16H15N3O3S2. The largest absolute Gasteiger partial charge is 0.478 e. The zero-order valence-corrected chi connectivity index (χ0v) is 14.5. The minimum Gasteiger partial charge on any atom is -0.478 e. The Morgan fingerprint density at radius 2 is 2.12 bits per heavy atom. The number of carbonyl (C=O) groups is 1. The van der Waals surface area contributed by atoms with Gasteiger partial charge in [-0.2, -0.15) is 0 Å². The summed E-state index contributed by atoms with van der Waals surface area (Å²) in [5.74, 6) is 0.571. The Balaban J connectivity index is 1.54. The lowest BCUT2D eigenvalue weighted by Gasteiger charge is -2.00. The molecule has 0 aliphatic rings. The Hall–Kier alpha value is -2.32. The molecule has 124 valence electrons. The molecule has 0 bridgehead atoms. The van der Waals surface area contributed by atoms with Crippen molar-refractivity contribution in [3.63, 3.8) is 0 Å². The fourth-order valence-electron chi connectivity index (χ4n) is 2.07. The van der Waals surface area contributed by atoms with Gasteiger partial charge in [-0.25, -0.2) is 4.79 Å². The minimum atomic E-state index is -0.976. The molecule has 0 saturated carbocycles. The highest BCUT2D eigenvalue weighted by atomic mass is 32.2. The summed E-state index contributed by atoms with van der Waals surface area (Å²) in [5, 5.41) is 21.2. The number of anilines is 1. The first-order valence-electron chi connectivity index (χ1n) is 7.18. The number of nitrogens with one attached hydrogen (secondary N) is 1. The van der Waals surface area contributed by atoms with Crippen molar-refractivity contribution < 1.29 is 14.3 Å². The normalized spacial score (nSPS) is 10.7. The lowest BCUT2D eigenvalue weighted by atomic mass is 10.2. The highest BCUT2D eigenvalue weighted by Gasteiger charge is 2.14. The summed E-state index contributed by atoms with van der Waals surface area (Å²) in [4.78, 5) is 11.0. The third-order valence-electron chi connectivity index (χ3n) is 3.23. The average Bonchev–Trinajstić information content (AvgIpc) is 3.18. The number of benzene rings is 1. The lowest BCUT2D eigenvalue weighted by molar-refractivity contribution is 0.0695. The summed E-state index contributed by atoms with van der Waals surface area (Å²) in [6.45, 7) is 2.34. The number of furan rings is 1. The van der Waals surface area contributed by atoms with Crippen LogP contribution in [0.4, 0.5) is 5.13 Å². The minimum absolute atomic E-state index is 0.202. The second-order valence-electron chi connectivity index (χ2n) is 4.99. The van der Waals surface area contributed by atoms with Gasteiger partial charge in [0.25, 0.3) is 0 Å². The van der Waals surface area contributed by atoms with Crippen molar-refractivity contribution >= 4 is 34.2 Å². The maximum atomic E-state index is 11.0. The second-order valence-corrected chi connectivity index (χ2v) is 7.19. The van der Waals surface area contributed by atoms with E-state index in [2.05, 4.69) is 15.5 Å². The van der Waals surface area contributed by atoms with Crippen LogP contribution in [-0.2, 0) is 12.3 Å². The number of carboxylic acid groups (broad SMARTS) is 1. The van der Waals surface area contributed by atoms with Crippen LogP contribution in [0.25, 0.3) is 0 Å². The first-order valence-corrected chi connectivity index (χ1v) is 8.99. The van der Waals surface area contributed by atoms with E-state index < -0.39 is 5.97 Å². The fraction of sp³-hybridized carbons (Fsp3) is 0.188. The number of aromatic nitrogens is 2. The van der Waals surface area contributed by atoms with Gasteiger partial charge in [-0.15, -0.1) is 10.2 Å². The van der Waals surface area contributed by atoms with Crippen molar-refractivity contribution in [2.75, 3.05) is 5.32 Å². The molecule has 3 rings (SSSR count). The molecule has 0 atom stereocenters. The fourth-order valence-corrected chi connectivity index (χ4v) is 3.70. The third-order valence-corrected chi connectivity index (χ3v) is 5.27. The van der Waals surface area contributed by atoms with E-state index in [1.165, 1.54) is 28.7 Å². The van der Waals surface area contributed by atoms with E-state index in [0.717, 1.165) is 9.47 Å². The standard InChI is InChI=1S/C16H15N3O3S2/c1-10-13(14(20)21)7-12(22-10)9-23-16-19-18-15(24-16)17-8-11-5-3-2-4-6-11/h2-7H,8-9H2,1H3,(H,17,18)(H,20,21). The summed E-state index contributed by atoms with van der Waals surface area (Å²) in [5.41, 5.74) is 1.38. The van der Waals surface area contributed by atoms with Crippen molar-refractivity contribution in [3.8, 4) is 0 Å². The highest BCUT2D eigenvalue weighted by molar-refractivity contribution is 8.00. The molecule has 2 N–H and O–H groups in total. The van der Waals surface area contributed by atoms with Gasteiger partial charge in [0.05, 0.1) is 5.75 Å². The number of hydrogen-bond acceptors (Lipinski definition) is 7. The Morgan fingerprint density at radius 1 is 1.33 bits per heavy atom. The van der Waals surface area contributed by atoms with E-state index in [4.69, 9.17) is 9.52 Å². The van der Waals surface area contributed by atoms with Gasteiger partial charge in [0.15, 0.2) is 4.34 Å². The van der Waals surface area contributed by atoms with Gasteiger partial charge in [0.1, 0.15) is 17.1 Å². The van der Waals surface area contributed by atoms with Crippen LogP contribution < -0.4 is 5.32 Å². The molecule has 3 aromatic rings. The third kappa shape index (κ3) is 4.15. The van der Waals surface area contributed by atoms with Gasteiger partial charge in [-0.3, -0.25) is 0 Å². The molecule has 8 heteroatoms. The van der Waals surface area contributed by atoms with Crippen LogP contribution in [-0.4, -0.2) is 21.3 Å². The number of nitrogens with zero attached hydrogens (tertiary/aromatic N) is 2. The van der Waals surface area contributed by atoms with Crippen molar-refractivity contribution in [3.05, 3.63) is 59.0 Å². The zero-order chi connectivity index (χ0) is 16.9. The monoisotopic (exact) mass is 361 g/mol. The summed E-state index contributed by atoms with van der Waals surface area (Å²) in [6.07, 6.45) is 0. The Kier molecular flexibility index (Phi) is 5.17. The molecule has 0 radical (unpaired) electrons. The van der Waals surface area contributed by atoms with Crippen LogP contribution in [0.1, 0.15) is 27.4 Å². The van der Waals surface area contributed by atoms with E-state index >= 15 is 0 Å². The zero-order valence-electron chi connectivity index (χ0n) is 12.9. The Bertz CT molecular complexity index is 830. The predicted molar refractivity (Wildman–Crippen MR) is 93.6 cm³/mol. The summed E-state index contributed by atoms with van der Waals surface area (Å²) in [6, 6.07) is 11.6. The van der Waals surface area contributed by atoms with E-state index in [1.807, 2.05) is 30.3 Å². The molecule has 0 saturated heterocycles. The molecule has 0 fully saturated rings. The highest BCUT2D eigenvalue weighted by Crippen LogP contribution is 2.29. The van der Waals surface area contributed by atoms with Crippen LogP contribution in [0.2, 0.25) is 0 Å². The molecule has 0 aliphatic heterocycles. The summed E-state index contributed by atoms with van der Waals surface area (Å²) >= 11 is 2.93. The molecule has 2 aromatic heterocycles. The first kappa shape index (κ1) is 16.5. The second kappa shape index (κ2) is 7.50. The van der Waals surface area contributed by atoms with Gasteiger partial charge >= 0.3 is 5.97 Å². The van der Waals surface area contributed by atoms with Gasteiger partial charge in [-0.05, 0) is 18.6 Å². The Labute approximate surface area is 146 Å². The van der Waals surface area contributed by atoms with Crippen LogP contribution in [0, 0.1) is 6.92 Å². The van der Waals surface area contributed by atoms with Gasteiger partial charge in [0, 0.05) is 6.54 Å². The van der Waals surface area contributed by atoms with Gasteiger partial charge < -0.3 is 14.8 Å². The number of carboxylic acids is 1. The number of aryl methyl sites for hydroxylation is 1. The van der Waals surface area contributed by atoms with Crippen molar-refractivity contribution in [1.82, 2.24) is 10.2 Å². The molecule has 6 nitrogen and oxygen atoms in total. The van der Waals surface area contributed by atoms with E-state index in [-0.39, 0.29) is 5.56 Å². The molecule has 0 spiro atoms. The average molecular weight is 361 g/mol. The molecule has 1 aromatic carbocycles. The summed E-state index contributed by atoms with van der Waals surface area (Å²) in [7, 11) is 0.